The first-order chi connectivity index (χ1) is 11.4. The van der Waals surface area contributed by atoms with E-state index in [1.54, 1.807) is 6.07 Å². The van der Waals surface area contributed by atoms with Gasteiger partial charge in [-0.2, -0.15) is 12.1 Å². The van der Waals surface area contributed by atoms with Crippen molar-refractivity contribution in [1.29, 1.82) is 0 Å². The maximum absolute atomic E-state index is 11.3. The Balaban J connectivity index is 0. The number of ether oxygens (including phenoxy) is 3. The molecule has 2 aliphatic rings. The Labute approximate surface area is 204 Å². The molecular weight excluding hydrogens is 490 g/mol. The average molecular weight is 512 g/mol. The molecule has 2 radical (unpaired) electrons. The van der Waals surface area contributed by atoms with Crippen molar-refractivity contribution in [1.82, 2.24) is 0 Å². The van der Waals surface area contributed by atoms with E-state index in [2.05, 4.69) is 22.3 Å². The maximum Gasteiger partial charge on any atom is 0.329 e. The second-order valence-corrected chi connectivity index (χ2v) is 5.26. The van der Waals surface area contributed by atoms with Crippen molar-refractivity contribution in [3.05, 3.63) is 55.1 Å². The fourth-order valence-corrected chi connectivity index (χ4v) is 2.17. The molecule has 8 heteroatoms. The van der Waals surface area contributed by atoms with E-state index in [0.29, 0.717) is 6.42 Å². The quantitative estimate of drug-likeness (QED) is 0.345. The normalized spacial score (nSPS) is 20.9. The van der Waals surface area contributed by atoms with E-state index in [1.807, 2.05) is 32.1 Å². The van der Waals surface area contributed by atoms with Crippen LogP contribution in [0.2, 0.25) is 0 Å². The van der Waals surface area contributed by atoms with Gasteiger partial charge in [-0.3, -0.25) is 4.79 Å². The molecule has 0 spiro atoms. The van der Waals surface area contributed by atoms with E-state index in [-0.39, 0.29) is 77.3 Å². The van der Waals surface area contributed by atoms with Crippen molar-refractivity contribution in [2.45, 2.75) is 25.9 Å². The Hall–Kier alpha value is -0.262. The second kappa shape index (κ2) is 13.8. The maximum atomic E-state index is 11.3. The molecule has 2 unspecified atom stereocenters. The molecule has 2 bridgehead atoms. The van der Waals surface area contributed by atoms with Crippen LogP contribution in [0.25, 0.3) is 0 Å². The fraction of sp³-hybridized carbons (Fsp3) is 0.389. The summed E-state index contributed by atoms with van der Waals surface area (Å²) in [7, 11) is 2.72. The fourth-order valence-electron chi connectivity index (χ4n) is 2.17. The molecule has 26 heavy (non-hydrogen) atoms. The van der Waals surface area contributed by atoms with Crippen LogP contribution in [0.15, 0.2) is 41.4 Å². The van der Waals surface area contributed by atoms with Gasteiger partial charge in [0.25, 0.3) is 0 Å². The van der Waals surface area contributed by atoms with E-state index in [4.69, 9.17) is 9.15 Å². The van der Waals surface area contributed by atoms with Crippen molar-refractivity contribution in [2.75, 3.05) is 14.2 Å². The number of rotatable bonds is 2. The number of esters is 2. The number of carbonyl (C=O) groups is 2. The summed E-state index contributed by atoms with van der Waals surface area (Å²) in [6.07, 6.45) is 9.10. The van der Waals surface area contributed by atoms with E-state index >= 15 is 0 Å². The summed E-state index contributed by atoms with van der Waals surface area (Å²) in [5.74, 6) is 0.185. The zero-order chi connectivity index (χ0) is 18.2. The number of fused-ring (bicyclic) bond motifs is 2. The summed E-state index contributed by atoms with van der Waals surface area (Å²) in [5, 5.41) is 0. The molecule has 0 aromatic carbocycles. The Morgan fingerprint density at radius 1 is 1.38 bits per heavy atom. The molecule has 1 saturated heterocycles. The van der Waals surface area contributed by atoms with Gasteiger partial charge in [0.15, 0.2) is 0 Å². The predicted molar refractivity (Wildman–Crippen MR) is 86.5 cm³/mol. The third-order valence-corrected chi connectivity index (χ3v) is 3.51. The van der Waals surface area contributed by atoms with Crippen molar-refractivity contribution in [3.63, 3.8) is 0 Å². The molecule has 2 atom stereocenters. The Kier molecular flexibility index (Phi) is 14.9. The minimum Gasteiger partial charge on any atom is -0.596 e. The van der Waals surface area contributed by atoms with Gasteiger partial charge in [-0.25, -0.2) is 10.9 Å². The second-order valence-electron chi connectivity index (χ2n) is 5.26. The molecular formula is C18H22O6Y2-2. The molecule has 1 fully saturated rings. The molecule has 2 aliphatic heterocycles. The van der Waals surface area contributed by atoms with Crippen LogP contribution in [0.1, 0.15) is 19.1 Å². The number of methoxy groups -OCH3 is 2. The SMILES string of the molecule is C=CC(=O)OC.COC(=O)C1C[C-]2C=CC1(C)O2.Cc1cc[c-]o1.[Y].[Y]. The van der Waals surface area contributed by atoms with E-state index in [0.717, 1.165) is 17.9 Å². The van der Waals surface area contributed by atoms with Gasteiger partial charge in [-0.15, -0.1) is 6.07 Å². The van der Waals surface area contributed by atoms with E-state index in [9.17, 15) is 9.59 Å². The smallest absolute Gasteiger partial charge is 0.329 e. The van der Waals surface area contributed by atoms with Crippen molar-refractivity contribution < 1.29 is 93.6 Å². The number of carbonyl (C=O) groups excluding carboxylic acids is 2. The van der Waals surface area contributed by atoms with Gasteiger partial charge in [0.1, 0.15) is 0 Å². The first-order valence-corrected chi connectivity index (χ1v) is 7.31. The van der Waals surface area contributed by atoms with Gasteiger partial charge in [-0.05, 0) is 13.2 Å². The molecule has 0 N–H and O–H groups in total. The molecule has 1 aromatic rings. The van der Waals surface area contributed by atoms with Gasteiger partial charge < -0.3 is 18.6 Å². The van der Waals surface area contributed by atoms with Crippen LogP contribution in [0.4, 0.5) is 0 Å². The monoisotopic (exact) mass is 512 g/mol. The Bertz CT molecular complexity index is 585. The number of hydrogen-bond donors (Lipinski definition) is 0. The van der Waals surface area contributed by atoms with Crippen molar-refractivity contribution in [2.24, 2.45) is 5.92 Å². The summed E-state index contributed by atoms with van der Waals surface area (Å²) in [6, 6.07) is 3.61. The van der Waals surface area contributed by atoms with Crippen LogP contribution < -0.4 is 0 Å². The molecule has 0 aliphatic carbocycles. The van der Waals surface area contributed by atoms with Crippen molar-refractivity contribution >= 4 is 11.9 Å². The number of furan rings is 1. The molecule has 138 valence electrons. The molecule has 0 amide bonds. The topological polar surface area (TPSA) is 75.0 Å². The molecule has 6 nitrogen and oxygen atoms in total. The van der Waals surface area contributed by atoms with Gasteiger partial charge in [0.05, 0.1) is 20.1 Å². The first-order valence-electron chi connectivity index (χ1n) is 7.31. The van der Waals surface area contributed by atoms with Crippen LogP contribution in [0.5, 0.6) is 0 Å². The molecule has 0 saturated carbocycles. The van der Waals surface area contributed by atoms with Gasteiger partial charge in [-0.1, -0.05) is 31.8 Å². The summed E-state index contributed by atoms with van der Waals surface area (Å²) < 4.78 is 19.0. The third-order valence-electron chi connectivity index (χ3n) is 3.51. The van der Waals surface area contributed by atoms with E-state index < -0.39 is 11.6 Å². The number of aryl methyl sites for hydroxylation is 1. The standard InChI is InChI=1S/C9H11O3.C5H5O.C4H6O2.2Y/c1-9-4-3-6(12-9)5-7(9)8(10)11-2;1-5-3-2-4-6-5;1-3-4(5)6-2;;/h3-4,7H,5H2,1-2H3;2-3H,1H3;3H,1H2,2H3;;/q2*-1;;;. The van der Waals surface area contributed by atoms with Crippen LogP contribution >= 0.6 is 0 Å². The van der Waals surface area contributed by atoms with Gasteiger partial charge in [0, 0.05) is 77.1 Å². The minimum absolute atomic E-state index is 0. The Morgan fingerprint density at radius 3 is 2.27 bits per heavy atom. The van der Waals surface area contributed by atoms with Crippen LogP contribution in [-0.2, 0) is 89.2 Å². The average Bonchev–Trinajstić information content (AvgIpc) is 3.29. The summed E-state index contributed by atoms with van der Waals surface area (Å²) in [4.78, 5) is 21.1. The van der Waals surface area contributed by atoms with Gasteiger partial charge >= 0.3 is 11.9 Å². The Morgan fingerprint density at radius 2 is 2.04 bits per heavy atom. The molecule has 1 aromatic heterocycles. The summed E-state index contributed by atoms with van der Waals surface area (Å²) >= 11 is 0. The largest absolute Gasteiger partial charge is 0.596 e. The summed E-state index contributed by atoms with van der Waals surface area (Å²) in [6.45, 7) is 6.95. The van der Waals surface area contributed by atoms with Crippen LogP contribution in [0, 0.1) is 25.2 Å². The summed E-state index contributed by atoms with van der Waals surface area (Å²) in [5.41, 5.74) is -0.442. The molecule has 3 rings (SSSR count). The van der Waals surface area contributed by atoms with Crippen LogP contribution in [-0.4, -0.2) is 31.8 Å². The first kappa shape index (κ1) is 28.0. The van der Waals surface area contributed by atoms with E-state index in [1.165, 1.54) is 14.2 Å². The molecule has 3 heterocycles. The predicted octanol–water partition coefficient (Wildman–Crippen LogP) is 2.79. The zero-order valence-electron chi connectivity index (χ0n) is 15.5. The van der Waals surface area contributed by atoms with Gasteiger partial charge in [0.2, 0.25) is 0 Å². The zero-order valence-corrected chi connectivity index (χ0v) is 21.2. The van der Waals surface area contributed by atoms with Crippen molar-refractivity contribution in [3.8, 4) is 0 Å². The third kappa shape index (κ3) is 8.62. The van der Waals surface area contributed by atoms with Crippen LogP contribution in [0.3, 0.4) is 0 Å². The number of hydrogen-bond acceptors (Lipinski definition) is 6. The minimum atomic E-state index is -0.442.